The van der Waals surface area contributed by atoms with Crippen molar-refractivity contribution in [3.05, 3.63) is 35.4 Å². The normalized spacial score (nSPS) is 18.4. The molecule has 0 saturated heterocycles. The van der Waals surface area contributed by atoms with Crippen LogP contribution in [0.5, 0.6) is 0 Å². The van der Waals surface area contributed by atoms with Gasteiger partial charge in [0.1, 0.15) is 0 Å². The van der Waals surface area contributed by atoms with Crippen LogP contribution in [0.1, 0.15) is 11.1 Å². The summed E-state index contributed by atoms with van der Waals surface area (Å²) in [7, 11) is -0.665. The van der Waals surface area contributed by atoms with E-state index < -0.39 is 8.38 Å². The zero-order chi connectivity index (χ0) is 8.39. The van der Waals surface area contributed by atoms with Gasteiger partial charge >= 0.3 is 0 Å². The van der Waals surface area contributed by atoms with Crippen LogP contribution < -0.4 is 0 Å². The Kier molecular flexibility index (Phi) is 2.40. The van der Waals surface area contributed by atoms with Gasteiger partial charge in [0, 0.05) is 6.66 Å². The van der Waals surface area contributed by atoms with Gasteiger partial charge in [-0.05, 0) is 11.1 Å². The summed E-state index contributed by atoms with van der Waals surface area (Å²) < 4.78 is 10.9. The van der Waals surface area contributed by atoms with Crippen molar-refractivity contribution in [2.24, 2.45) is 0 Å². The van der Waals surface area contributed by atoms with Crippen molar-refractivity contribution in [1.29, 1.82) is 0 Å². The van der Waals surface area contributed by atoms with Gasteiger partial charge < -0.3 is 9.05 Å². The standard InChI is InChI=1S/C9H11O2P/c1-12-10-6-8-4-2-3-5-9(8)7-11-12/h2-5H,6-7H2,1H3. The Balaban J connectivity index is 2.26. The average molecular weight is 182 g/mol. The lowest BCUT2D eigenvalue weighted by Crippen LogP contribution is -1.89. The Bertz CT molecular complexity index is 248. The molecule has 3 heteroatoms. The molecule has 0 unspecified atom stereocenters. The molecule has 0 radical (unpaired) electrons. The molecule has 0 bridgehead atoms. The van der Waals surface area contributed by atoms with Crippen LogP contribution in [0.15, 0.2) is 24.3 Å². The van der Waals surface area contributed by atoms with Gasteiger partial charge in [0.2, 0.25) is 0 Å². The first-order valence-corrected chi connectivity index (χ1v) is 5.55. The average Bonchev–Trinajstić information content (AvgIpc) is 2.29. The van der Waals surface area contributed by atoms with Crippen molar-refractivity contribution in [3.63, 3.8) is 0 Å². The number of benzene rings is 1. The highest BCUT2D eigenvalue weighted by Gasteiger charge is 2.12. The zero-order valence-corrected chi connectivity index (χ0v) is 7.88. The summed E-state index contributed by atoms with van der Waals surface area (Å²) in [5, 5.41) is 0. The fourth-order valence-corrected chi connectivity index (χ4v) is 1.91. The molecule has 1 heterocycles. The smallest absolute Gasteiger partial charge is 0.167 e. The van der Waals surface area contributed by atoms with Crippen LogP contribution in [0.25, 0.3) is 0 Å². The summed E-state index contributed by atoms with van der Waals surface area (Å²) in [6.45, 7) is 3.37. The third kappa shape index (κ3) is 1.66. The molecule has 1 aromatic rings. The second kappa shape index (κ2) is 3.53. The third-order valence-corrected chi connectivity index (χ3v) is 2.91. The molecule has 1 aliphatic rings. The highest BCUT2D eigenvalue weighted by molar-refractivity contribution is 7.46. The van der Waals surface area contributed by atoms with Gasteiger partial charge in [-0.25, -0.2) is 0 Å². The van der Waals surface area contributed by atoms with E-state index in [-0.39, 0.29) is 0 Å². The molecule has 0 aliphatic carbocycles. The summed E-state index contributed by atoms with van der Waals surface area (Å²) >= 11 is 0. The molecule has 0 saturated carbocycles. The molecular weight excluding hydrogens is 171 g/mol. The van der Waals surface area contributed by atoms with Gasteiger partial charge in [-0.1, -0.05) is 24.3 Å². The monoisotopic (exact) mass is 182 g/mol. The maximum Gasteiger partial charge on any atom is 0.167 e. The van der Waals surface area contributed by atoms with Crippen LogP contribution in [0.4, 0.5) is 0 Å². The van der Waals surface area contributed by atoms with E-state index in [1.807, 2.05) is 18.8 Å². The van der Waals surface area contributed by atoms with E-state index in [2.05, 4.69) is 12.1 Å². The highest BCUT2D eigenvalue weighted by atomic mass is 31.2. The molecule has 0 spiro atoms. The van der Waals surface area contributed by atoms with Crippen LogP contribution in [0.2, 0.25) is 0 Å². The van der Waals surface area contributed by atoms with Gasteiger partial charge in [-0.2, -0.15) is 0 Å². The summed E-state index contributed by atoms with van der Waals surface area (Å²) in [5.74, 6) is 0. The van der Waals surface area contributed by atoms with Crippen LogP contribution in [0, 0.1) is 0 Å². The van der Waals surface area contributed by atoms with Gasteiger partial charge in [-0.15, -0.1) is 0 Å². The minimum absolute atomic E-state index is 0.665. The topological polar surface area (TPSA) is 18.5 Å². The predicted molar refractivity (Wildman–Crippen MR) is 48.9 cm³/mol. The van der Waals surface area contributed by atoms with Crippen molar-refractivity contribution in [1.82, 2.24) is 0 Å². The van der Waals surface area contributed by atoms with E-state index in [1.165, 1.54) is 11.1 Å². The highest BCUT2D eigenvalue weighted by Crippen LogP contribution is 2.38. The third-order valence-electron chi connectivity index (χ3n) is 1.92. The van der Waals surface area contributed by atoms with E-state index >= 15 is 0 Å². The molecule has 1 aliphatic heterocycles. The first-order chi connectivity index (χ1) is 5.86. The van der Waals surface area contributed by atoms with Gasteiger partial charge in [-0.3, -0.25) is 0 Å². The van der Waals surface area contributed by atoms with E-state index in [9.17, 15) is 0 Å². The van der Waals surface area contributed by atoms with Crippen molar-refractivity contribution < 1.29 is 9.05 Å². The van der Waals surface area contributed by atoms with Gasteiger partial charge in [0.15, 0.2) is 8.38 Å². The van der Waals surface area contributed by atoms with Crippen molar-refractivity contribution in [2.45, 2.75) is 13.2 Å². The van der Waals surface area contributed by atoms with Crippen molar-refractivity contribution in [2.75, 3.05) is 6.66 Å². The summed E-state index contributed by atoms with van der Waals surface area (Å²) in [6, 6.07) is 8.25. The quantitative estimate of drug-likeness (QED) is 0.574. The van der Waals surface area contributed by atoms with Crippen LogP contribution in [0.3, 0.4) is 0 Å². The number of hydrogen-bond donors (Lipinski definition) is 0. The maximum absolute atomic E-state index is 5.47. The molecular formula is C9H11O2P. The SMILES string of the molecule is CP1OCc2ccccc2CO1. The molecule has 0 fully saturated rings. The first kappa shape index (κ1) is 8.18. The molecule has 2 rings (SSSR count). The van der Waals surface area contributed by atoms with Crippen LogP contribution in [-0.2, 0) is 22.3 Å². The fraction of sp³-hybridized carbons (Fsp3) is 0.333. The molecule has 12 heavy (non-hydrogen) atoms. The van der Waals surface area contributed by atoms with Crippen molar-refractivity contribution >= 4 is 8.38 Å². The van der Waals surface area contributed by atoms with E-state index in [4.69, 9.17) is 9.05 Å². The lowest BCUT2D eigenvalue weighted by Gasteiger charge is -2.06. The Morgan fingerprint density at radius 1 is 1.08 bits per heavy atom. The van der Waals surface area contributed by atoms with Crippen molar-refractivity contribution in [3.8, 4) is 0 Å². The lowest BCUT2D eigenvalue weighted by atomic mass is 10.1. The van der Waals surface area contributed by atoms with Gasteiger partial charge in [0.05, 0.1) is 13.2 Å². The van der Waals surface area contributed by atoms with Gasteiger partial charge in [0.25, 0.3) is 0 Å². The second-order valence-corrected chi connectivity index (χ2v) is 4.15. The molecule has 1 aromatic carbocycles. The Labute approximate surface area is 73.4 Å². The number of hydrogen-bond acceptors (Lipinski definition) is 2. The molecule has 0 atom stereocenters. The Morgan fingerprint density at radius 3 is 2.08 bits per heavy atom. The summed E-state index contributed by atoms with van der Waals surface area (Å²) in [4.78, 5) is 0. The van der Waals surface area contributed by atoms with E-state index in [1.54, 1.807) is 0 Å². The Hall–Kier alpha value is -0.430. The minimum atomic E-state index is -0.665. The first-order valence-electron chi connectivity index (χ1n) is 3.92. The van der Waals surface area contributed by atoms with E-state index in [0.29, 0.717) is 13.2 Å². The maximum atomic E-state index is 5.47. The molecule has 64 valence electrons. The lowest BCUT2D eigenvalue weighted by molar-refractivity contribution is 0.259. The summed E-state index contributed by atoms with van der Waals surface area (Å²) in [5.41, 5.74) is 2.51. The Morgan fingerprint density at radius 2 is 1.58 bits per heavy atom. The molecule has 2 nitrogen and oxygen atoms in total. The molecule has 0 amide bonds. The molecule has 0 N–H and O–H groups in total. The largest absolute Gasteiger partial charge is 0.329 e. The van der Waals surface area contributed by atoms with E-state index in [0.717, 1.165) is 0 Å². The number of fused-ring (bicyclic) bond motifs is 1. The van der Waals surface area contributed by atoms with Crippen LogP contribution in [-0.4, -0.2) is 6.66 Å². The zero-order valence-electron chi connectivity index (χ0n) is 6.99. The molecule has 0 aromatic heterocycles. The van der Waals surface area contributed by atoms with Crippen LogP contribution >= 0.6 is 8.38 Å². The minimum Gasteiger partial charge on any atom is -0.329 e. The second-order valence-electron chi connectivity index (χ2n) is 2.76. The predicted octanol–water partition coefficient (Wildman–Crippen LogP) is 2.68. The number of rotatable bonds is 0. The fourth-order valence-electron chi connectivity index (χ4n) is 1.20. The summed E-state index contributed by atoms with van der Waals surface area (Å²) in [6.07, 6.45) is 0.